The van der Waals surface area contributed by atoms with E-state index in [1.807, 2.05) is 24.5 Å². The van der Waals surface area contributed by atoms with E-state index in [9.17, 15) is 0 Å². The predicted molar refractivity (Wildman–Crippen MR) is 112 cm³/mol. The molecule has 2 fully saturated rings. The maximum atomic E-state index is 5.60. The lowest BCUT2D eigenvalue weighted by Gasteiger charge is -2.44. The van der Waals surface area contributed by atoms with Gasteiger partial charge in [0.05, 0.1) is 12.8 Å². The topological polar surface area (TPSA) is 70.8 Å². The van der Waals surface area contributed by atoms with E-state index in [0.29, 0.717) is 12.0 Å². The summed E-state index contributed by atoms with van der Waals surface area (Å²) in [7, 11) is 1.75. The Hall–Kier alpha value is -2.38. The molecule has 2 N–H and O–H groups in total. The van der Waals surface area contributed by atoms with Crippen LogP contribution in [0.1, 0.15) is 18.4 Å². The van der Waals surface area contributed by atoms with Gasteiger partial charge in [-0.1, -0.05) is 12.1 Å². The number of aromatic nitrogens is 2. The molecule has 2 aliphatic heterocycles. The zero-order valence-corrected chi connectivity index (χ0v) is 16.6. The first-order chi connectivity index (χ1) is 13.7. The van der Waals surface area contributed by atoms with Gasteiger partial charge in [-0.25, -0.2) is 9.97 Å². The van der Waals surface area contributed by atoms with Crippen molar-refractivity contribution in [1.29, 1.82) is 0 Å². The van der Waals surface area contributed by atoms with Crippen LogP contribution < -0.4 is 15.4 Å². The molecule has 1 aromatic heterocycles. The van der Waals surface area contributed by atoms with Crippen LogP contribution in [0.3, 0.4) is 0 Å². The van der Waals surface area contributed by atoms with Crippen LogP contribution in [0.4, 0.5) is 11.6 Å². The zero-order valence-electron chi connectivity index (χ0n) is 16.6. The quantitative estimate of drug-likeness (QED) is 0.846. The molecule has 150 valence electrons. The second-order valence-electron chi connectivity index (χ2n) is 7.68. The Bertz CT molecular complexity index is 760. The fourth-order valence-electron chi connectivity index (χ4n) is 4.40. The molecule has 4 rings (SSSR count). The number of anilines is 2. The summed E-state index contributed by atoms with van der Waals surface area (Å²) >= 11 is 0. The van der Waals surface area contributed by atoms with Gasteiger partial charge in [0, 0.05) is 63.3 Å². The van der Waals surface area contributed by atoms with Crippen LogP contribution in [0.25, 0.3) is 0 Å². The average molecular weight is 383 g/mol. The number of hydrogen-bond donors (Lipinski definition) is 1. The van der Waals surface area contributed by atoms with Gasteiger partial charge >= 0.3 is 0 Å². The number of nitrogen functional groups attached to an aromatic ring is 1. The van der Waals surface area contributed by atoms with E-state index in [2.05, 4.69) is 36.8 Å². The summed E-state index contributed by atoms with van der Waals surface area (Å²) in [4.78, 5) is 15.9. The first kappa shape index (κ1) is 19.0. The van der Waals surface area contributed by atoms with Crippen molar-refractivity contribution in [3.8, 4) is 5.75 Å². The molecule has 7 nitrogen and oxygen atoms in total. The number of hydrogen-bond acceptors (Lipinski definition) is 7. The molecule has 0 bridgehead atoms. The lowest BCUT2D eigenvalue weighted by molar-refractivity contribution is 0.0886. The first-order valence-electron chi connectivity index (χ1n) is 10.1. The van der Waals surface area contributed by atoms with Crippen molar-refractivity contribution in [3.05, 3.63) is 42.2 Å². The van der Waals surface area contributed by atoms with Gasteiger partial charge in [-0.2, -0.15) is 0 Å². The van der Waals surface area contributed by atoms with E-state index in [-0.39, 0.29) is 0 Å². The van der Waals surface area contributed by atoms with Crippen LogP contribution in [0, 0.1) is 0 Å². The Morgan fingerprint density at radius 1 is 1.07 bits per heavy atom. The second kappa shape index (κ2) is 8.75. The van der Waals surface area contributed by atoms with Gasteiger partial charge in [0.1, 0.15) is 5.75 Å². The zero-order chi connectivity index (χ0) is 19.3. The van der Waals surface area contributed by atoms with Gasteiger partial charge in [-0.3, -0.25) is 9.80 Å². The number of rotatable bonds is 5. The summed E-state index contributed by atoms with van der Waals surface area (Å²) in [6, 6.07) is 8.95. The molecule has 1 atom stereocenters. The standard InChI is InChI=1S/C21H30N6O/c1-28-20-7-3-2-6-19(20)27-11-9-26(10-12-27)18-5-4-8-25(16-18)15-17-13-23-21(22)24-14-17/h2-3,6-7,13-14,18H,4-5,8-12,15-16H2,1H3,(H2,22,23,24). The maximum absolute atomic E-state index is 5.60. The van der Waals surface area contributed by atoms with Gasteiger partial charge in [-0.15, -0.1) is 0 Å². The monoisotopic (exact) mass is 382 g/mol. The average Bonchev–Trinajstić information content (AvgIpc) is 2.76. The third-order valence-electron chi connectivity index (χ3n) is 5.87. The minimum atomic E-state index is 0.341. The number of piperidine rings is 1. The highest BCUT2D eigenvalue weighted by Gasteiger charge is 2.28. The molecule has 1 aromatic carbocycles. The Balaban J connectivity index is 1.32. The summed E-state index contributed by atoms with van der Waals surface area (Å²) in [6.07, 6.45) is 6.21. The van der Waals surface area contributed by atoms with Crippen LogP contribution in [-0.2, 0) is 6.54 Å². The SMILES string of the molecule is COc1ccccc1N1CCN(C2CCCN(Cc3cnc(N)nc3)C2)CC1. The predicted octanol–water partition coefficient (Wildman–Crippen LogP) is 1.85. The Kier molecular flexibility index (Phi) is 5.92. The number of piperazine rings is 1. The lowest BCUT2D eigenvalue weighted by atomic mass is 10.0. The summed E-state index contributed by atoms with van der Waals surface area (Å²) in [5, 5.41) is 0. The molecule has 0 aliphatic carbocycles. The molecule has 7 heteroatoms. The highest BCUT2D eigenvalue weighted by molar-refractivity contribution is 5.58. The van der Waals surface area contributed by atoms with Crippen LogP contribution in [0.2, 0.25) is 0 Å². The number of ether oxygens (including phenoxy) is 1. The molecule has 0 spiro atoms. The highest BCUT2D eigenvalue weighted by Crippen LogP contribution is 2.29. The summed E-state index contributed by atoms with van der Waals surface area (Å²) in [6.45, 7) is 7.44. The first-order valence-corrected chi connectivity index (χ1v) is 10.1. The molecule has 1 unspecified atom stereocenters. The maximum Gasteiger partial charge on any atom is 0.219 e. The molecule has 28 heavy (non-hydrogen) atoms. The number of nitrogens with two attached hydrogens (primary N) is 1. The Labute approximate surface area is 167 Å². The Morgan fingerprint density at radius 3 is 2.57 bits per heavy atom. The molecule has 0 saturated carbocycles. The summed E-state index contributed by atoms with van der Waals surface area (Å²) < 4.78 is 5.54. The molecule has 2 aromatic rings. The fourth-order valence-corrected chi connectivity index (χ4v) is 4.40. The van der Waals surface area contributed by atoms with Gasteiger partial charge < -0.3 is 15.4 Å². The van der Waals surface area contributed by atoms with E-state index in [0.717, 1.165) is 57.1 Å². The van der Waals surface area contributed by atoms with Crippen molar-refractivity contribution in [1.82, 2.24) is 19.8 Å². The van der Waals surface area contributed by atoms with Crippen molar-refractivity contribution >= 4 is 11.6 Å². The lowest BCUT2D eigenvalue weighted by Crippen LogP contribution is -2.55. The smallest absolute Gasteiger partial charge is 0.219 e. The van der Waals surface area contributed by atoms with E-state index in [4.69, 9.17) is 10.5 Å². The fraction of sp³-hybridized carbons (Fsp3) is 0.524. The molecule has 2 aliphatic rings. The number of nitrogens with zero attached hydrogens (tertiary/aromatic N) is 5. The van der Waals surface area contributed by atoms with E-state index in [1.165, 1.54) is 18.5 Å². The van der Waals surface area contributed by atoms with Crippen molar-refractivity contribution in [2.75, 3.05) is 57.0 Å². The normalized spacial score (nSPS) is 21.6. The van der Waals surface area contributed by atoms with Crippen molar-refractivity contribution in [2.24, 2.45) is 0 Å². The largest absolute Gasteiger partial charge is 0.495 e. The van der Waals surface area contributed by atoms with E-state index < -0.39 is 0 Å². The molecule has 0 amide bonds. The number of likely N-dealkylation sites (tertiary alicyclic amines) is 1. The minimum absolute atomic E-state index is 0.341. The van der Waals surface area contributed by atoms with Gasteiger partial charge in [0.25, 0.3) is 0 Å². The second-order valence-corrected chi connectivity index (χ2v) is 7.68. The molecule has 2 saturated heterocycles. The summed E-state index contributed by atoms with van der Waals surface area (Å²) in [5.74, 6) is 1.30. The Morgan fingerprint density at radius 2 is 1.82 bits per heavy atom. The van der Waals surface area contributed by atoms with Crippen LogP contribution in [0.5, 0.6) is 5.75 Å². The number of benzene rings is 1. The third kappa shape index (κ3) is 4.36. The molecule has 0 radical (unpaired) electrons. The van der Waals surface area contributed by atoms with Gasteiger partial charge in [0.2, 0.25) is 5.95 Å². The highest BCUT2D eigenvalue weighted by atomic mass is 16.5. The van der Waals surface area contributed by atoms with Crippen LogP contribution in [0.15, 0.2) is 36.7 Å². The minimum Gasteiger partial charge on any atom is -0.495 e. The van der Waals surface area contributed by atoms with Gasteiger partial charge in [-0.05, 0) is 31.5 Å². The summed E-state index contributed by atoms with van der Waals surface area (Å²) in [5.41, 5.74) is 7.94. The van der Waals surface area contributed by atoms with Crippen LogP contribution >= 0.6 is 0 Å². The van der Waals surface area contributed by atoms with Gasteiger partial charge in [0.15, 0.2) is 0 Å². The molecular weight excluding hydrogens is 352 g/mol. The van der Waals surface area contributed by atoms with Crippen molar-refractivity contribution < 1.29 is 4.74 Å². The third-order valence-corrected chi connectivity index (χ3v) is 5.87. The van der Waals surface area contributed by atoms with Crippen molar-refractivity contribution in [2.45, 2.75) is 25.4 Å². The van der Waals surface area contributed by atoms with E-state index >= 15 is 0 Å². The number of methoxy groups -OCH3 is 1. The molecule has 3 heterocycles. The van der Waals surface area contributed by atoms with Crippen molar-refractivity contribution in [3.63, 3.8) is 0 Å². The van der Waals surface area contributed by atoms with E-state index in [1.54, 1.807) is 7.11 Å². The number of para-hydroxylation sites is 2. The molecular formula is C21H30N6O. The van der Waals surface area contributed by atoms with Crippen LogP contribution in [-0.4, -0.2) is 72.2 Å².